The lowest BCUT2D eigenvalue weighted by atomic mass is 10.1. The monoisotopic (exact) mass is 305 g/mol. The molecule has 1 aliphatic rings. The Bertz CT molecular complexity index is 613. The average molecular weight is 305 g/mol. The van der Waals surface area contributed by atoms with Crippen LogP contribution < -0.4 is 0 Å². The summed E-state index contributed by atoms with van der Waals surface area (Å²) in [5.74, 6) is 0.0302. The van der Waals surface area contributed by atoms with E-state index in [2.05, 4.69) is 0 Å². The number of phenols is 1. The Morgan fingerprint density at radius 1 is 1.29 bits per heavy atom. The molecule has 2 rings (SSSR count). The largest absolute Gasteiger partial charge is 0.507 e. The van der Waals surface area contributed by atoms with Gasteiger partial charge in [-0.2, -0.15) is 0 Å². The fourth-order valence-corrected chi connectivity index (χ4v) is 3.20. The van der Waals surface area contributed by atoms with E-state index in [1.807, 2.05) is 27.7 Å². The molecule has 4 nitrogen and oxygen atoms in total. The second-order valence-corrected chi connectivity index (χ2v) is 6.31. The van der Waals surface area contributed by atoms with Crippen molar-refractivity contribution in [3.8, 4) is 5.75 Å². The predicted molar refractivity (Wildman–Crippen MR) is 85.1 cm³/mol. The van der Waals surface area contributed by atoms with Crippen molar-refractivity contribution in [2.24, 2.45) is 0 Å². The quantitative estimate of drug-likeness (QED) is 0.862. The molecule has 112 valence electrons. The minimum absolute atomic E-state index is 0.0910. The first-order chi connectivity index (χ1) is 9.85. The summed E-state index contributed by atoms with van der Waals surface area (Å²) in [6.07, 6.45) is 2.45. The number of benzene rings is 1. The lowest BCUT2D eigenvalue weighted by Crippen LogP contribution is -2.36. The van der Waals surface area contributed by atoms with Crippen LogP contribution in [0.25, 0.3) is 6.08 Å². The third-order valence-electron chi connectivity index (χ3n) is 3.67. The molecule has 0 spiro atoms. The van der Waals surface area contributed by atoms with E-state index in [-0.39, 0.29) is 22.9 Å². The topological polar surface area (TPSA) is 57.6 Å². The molecule has 1 fully saturated rings. The summed E-state index contributed by atoms with van der Waals surface area (Å²) in [4.78, 5) is 26.0. The van der Waals surface area contributed by atoms with Crippen LogP contribution in [0, 0.1) is 13.8 Å². The van der Waals surface area contributed by atoms with Crippen LogP contribution in [-0.4, -0.2) is 27.2 Å². The number of carbonyl (C=O) groups is 2. The van der Waals surface area contributed by atoms with Crippen LogP contribution in [0.5, 0.6) is 5.75 Å². The van der Waals surface area contributed by atoms with Crippen LogP contribution in [0.1, 0.15) is 37.0 Å². The summed E-state index contributed by atoms with van der Waals surface area (Å²) in [7, 11) is 0. The van der Waals surface area contributed by atoms with E-state index in [0.717, 1.165) is 34.9 Å². The second kappa shape index (κ2) is 5.93. The smallest absolute Gasteiger partial charge is 0.293 e. The molecule has 1 saturated heterocycles. The van der Waals surface area contributed by atoms with Crippen molar-refractivity contribution in [2.75, 3.05) is 0 Å². The molecule has 2 amide bonds. The van der Waals surface area contributed by atoms with Crippen molar-refractivity contribution >= 4 is 29.0 Å². The van der Waals surface area contributed by atoms with Gasteiger partial charge in [0.2, 0.25) is 0 Å². The van der Waals surface area contributed by atoms with Crippen molar-refractivity contribution in [2.45, 2.75) is 40.2 Å². The number of hydrogen-bond acceptors (Lipinski definition) is 4. The first-order valence-corrected chi connectivity index (χ1v) is 7.74. The Kier molecular flexibility index (Phi) is 4.42. The third kappa shape index (κ3) is 2.97. The summed E-state index contributed by atoms with van der Waals surface area (Å²) in [6, 6.07) is 3.52. The molecule has 0 aliphatic carbocycles. The van der Waals surface area contributed by atoms with Gasteiger partial charge in [0.1, 0.15) is 5.75 Å². The van der Waals surface area contributed by atoms with Crippen molar-refractivity contribution in [3.05, 3.63) is 33.7 Å². The summed E-state index contributed by atoms with van der Waals surface area (Å²) in [5, 5.41) is 9.56. The van der Waals surface area contributed by atoms with Gasteiger partial charge in [-0.05, 0) is 73.9 Å². The van der Waals surface area contributed by atoms with Crippen LogP contribution in [-0.2, 0) is 4.79 Å². The first-order valence-electron chi connectivity index (χ1n) is 6.92. The number of hydrogen-bond donors (Lipinski definition) is 1. The van der Waals surface area contributed by atoms with E-state index >= 15 is 0 Å². The molecule has 0 aromatic heterocycles. The van der Waals surface area contributed by atoms with E-state index < -0.39 is 0 Å². The fourth-order valence-electron chi connectivity index (χ4n) is 2.27. The van der Waals surface area contributed by atoms with Crippen LogP contribution in [0.4, 0.5) is 4.79 Å². The number of nitrogens with zero attached hydrogens (tertiary/aromatic N) is 1. The Balaban J connectivity index is 2.35. The molecule has 1 aromatic rings. The number of carbonyl (C=O) groups excluding carboxylic acids is 2. The van der Waals surface area contributed by atoms with Crippen molar-refractivity contribution in [1.82, 2.24) is 4.90 Å². The summed E-state index contributed by atoms with van der Waals surface area (Å²) >= 11 is 0.972. The van der Waals surface area contributed by atoms with Crippen LogP contribution >= 0.6 is 11.8 Å². The molecule has 1 aliphatic heterocycles. The molecule has 0 radical (unpaired) electrons. The molecule has 1 unspecified atom stereocenters. The highest BCUT2D eigenvalue weighted by atomic mass is 32.2. The SMILES string of the molecule is CCC(C)N1C(=O)SC(=Cc2cc(C)c(O)c(C)c2)C1=O. The Morgan fingerprint density at radius 2 is 1.86 bits per heavy atom. The van der Waals surface area contributed by atoms with Gasteiger partial charge in [-0.1, -0.05) is 6.92 Å². The number of imide groups is 1. The fraction of sp³-hybridized carbons (Fsp3) is 0.375. The maximum Gasteiger partial charge on any atom is 0.293 e. The highest BCUT2D eigenvalue weighted by molar-refractivity contribution is 8.18. The van der Waals surface area contributed by atoms with Gasteiger partial charge in [-0.15, -0.1) is 0 Å². The highest BCUT2D eigenvalue weighted by Crippen LogP contribution is 2.35. The van der Waals surface area contributed by atoms with Gasteiger partial charge in [-0.25, -0.2) is 0 Å². The van der Waals surface area contributed by atoms with Crippen LogP contribution in [0.15, 0.2) is 17.0 Å². The van der Waals surface area contributed by atoms with Gasteiger partial charge < -0.3 is 5.11 Å². The number of aryl methyl sites for hydroxylation is 2. The standard InChI is InChI=1S/C16H19NO3S/c1-5-11(4)17-15(19)13(21-16(17)20)8-12-6-9(2)14(18)10(3)7-12/h6-8,11,18H,5H2,1-4H3. The van der Waals surface area contributed by atoms with Crippen molar-refractivity contribution in [3.63, 3.8) is 0 Å². The van der Waals surface area contributed by atoms with Crippen molar-refractivity contribution in [1.29, 1.82) is 0 Å². The van der Waals surface area contributed by atoms with Gasteiger partial charge in [-0.3, -0.25) is 14.5 Å². The second-order valence-electron chi connectivity index (χ2n) is 5.31. The molecule has 1 N–H and O–H groups in total. The Morgan fingerprint density at radius 3 is 2.38 bits per heavy atom. The van der Waals surface area contributed by atoms with E-state index in [9.17, 15) is 14.7 Å². The van der Waals surface area contributed by atoms with Gasteiger partial charge in [0.05, 0.1) is 4.91 Å². The van der Waals surface area contributed by atoms with E-state index in [1.165, 1.54) is 4.90 Å². The molecule has 0 saturated carbocycles. The number of rotatable bonds is 3. The molecule has 1 heterocycles. The van der Waals surface area contributed by atoms with E-state index in [0.29, 0.717) is 4.91 Å². The lowest BCUT2D eigenvalue weighted by Gasteiger charge is -2.19. The Hall–Kier alpha value is -1.75. The zero-order valence-corrected chi connectivity index (χ0v) is 13.5. The van der Waals surface area contributed by atoms with Gasteiger partial charge >= 0.3 is 0 Å². The molecular formula is C16H19NO3S. The van der Waals surface area contributed by atoms with E-state index in [1.54, 1.807) is 18.2 Å². The maximum absolute atomic E-state index is 12.3. The minimum atomic E-state index is -0.234. The maximum atomic E-state index is 12.3. The highest BCUT2D eigenvalue weighted by Gasteiger charge is 2.37. The van der Waals surface area contributed by atoms with Crippen LogP contribution in [0.3, 0.4) is 0 Å². The zero-order valence-electron chi connectivity index (χ0n) is 12.6. The molecule has 1 aromatic carbocycles. The number of phenolic OH excluding ortho intramolecular Hbond substituents is 1. The number of aromatic hydroxyl groups is 1. The molecule has 1 atom stereocenters. The first kappa shape index (κ1) is 15.6. The summed E-state index contributed by atoms with van der Waals surface area (Å²) < 4.78 is 0. The van der Waals surface area contributed by atoms with Crippen LogP contribution in [0.2, 0.25) is 0 Å². The minimum Gasteiger partial charge on any atom is -0.507 e. The summed E-state index contributed by atoms with van der Waals surface area (Å²) in [5.41, 5.74) is 2.32. The molecule has 0 bridgehead atoms. The normalized spacial score (nSPS) is 18.7. The molecule has 5 heteroatoms. The number of thioether (sulfide) groups is 1. The van der Waals surface area contributed by atoms with Gasteiger partial charge in [0.15, 0.2) is 0 Å². The average Bonchev–Trinajstić information content (AvgIpc) is 2.70. The Labute approximate surface area is 128 Å². The number of amides is 2. The predicted octanol–water partition coefficient (Wildman–Crippen LogP) is 3.84. The van der Waals surface area contributed by atoms with Crippen molar-refractivity contribution < 1.29 is 14.7 Å². The van der Waals surface area contributed by atoms with Gasteiger partial charge in [0, 0.05) is 6.04 Å². The lowest BCUT2D eigenvalue weighted by molar-refractivity contribution is -0.124. The third-order valence-corrected chi connectivity index (χ3v) is 4.55. The molecular weight excluding hydrogens is 286 g/mol. The summed E-state index contributed by atoms with van der Waals surface area (Å²) in [6.45, 7) is 7.44. The van der Waals surface area contributed by atoms with E-state index in [4.69, 9.17) is 0 Å². The molecule has 21 heavy (non-hydrogen) atoms. The van der Waals surface area contributed by atoms with Gasteiger partial charge in [0.25, 0.3) is 11.1 Å². The zero-order chi connectivity index (χ0) is 15.7.